The summed E-state index contributed by atoms with van der Waals surface area (Å²) >= 11 is 0. The molecule has 3 fully saturated rings. The summed E-state index contributed by atoms with van der Waals surface area (Å²) in [5.74, 6) is 0.191. The summed E-state index contributed by atoms with van der Waals surface area (Å²) in [5.41, 5.74) is 0. The number of hydrogen-bond acceptors (Lipinski definition) is 4. The zero-order chi connectivity index (χ0) is 13.2. The molecular weight excluding hydrogens is 242 g/mol. The normalized spacial score (nSPS) is 34.1. The van der Waals surface area contributed by atoms with E-state index in [4.69, 9.17) is 0 Å². The van der Waals surface area contributed by atoms with Crippen molar-refractivity contribution in [1.29, 1.82) is 0 Å². The highest BCUT2D eigenvalue weighted by atomic mass is 16.3. The van der Waals surface area contributed by atoms with E-state index in [9.17, 15) is 9.90 Å². The fraction of sp³-hybridized carbons (Fsp3) is 0.929. The van der Waals surface area contributed by atoms with Crippen molar-refractivity contribution in [2.75, 3.05) is 32.7 Å². The van der Waals surface area contributed by atoms with E-state index in [1.54, 1.807) is 0 Å². The Morgan fingerprint density at radius 3 is 2.37 bits per heavy atom. The predicted molar refractivity (Wildman–Crippen MR) is 72.8 cm³/mol. The third kappa shape index (κ3) is 2.93. The molecule has 19 heavy (non-hydrogen) atoms. The number of rotatable bonds is 2. The van der Waals surface area contributed by atoms with Gasteiger partial charge in [-0.3, -0.25) is 4.79 Å². The number of likely N-dealkylation sites (tertiary alicyclic amines) is 2. The van der Waals surface area contributed by atoms with Crippen molar-refractivity contribution in [2.45, 2.75) is 50.3 Å². The van der Waals surface area contributed by atoms with Crippen molar-refractivity contribution in [2.24, 2.45) is 0 Å². The van der Waals surface area contributed by atoms with Gasteiger partial charge in [0.15, 0.2) is 0 Å². The Morgan fingerprint density at radius 2 is 1.79 bits per heavy atom. The van der Waals surface area contributed by atoms with Gasteiger partial charge < -0.3 is 20.2 Å². The van der Waals surface area contributed by atoms with Crippen LogP contribution in [0.25, 0.3) is 0 Å². The van der Waals surface area contributed by atoms with E-state index in [2.05, 4.69) is 10.2 Å². The summed E-state index contributed by atoms with van der Waals surface area (Å²) in [6.07, 6.45) is 5.12. The number of piperidine rings is 1. The molecule has 2 unspecified atom stereocenters. The monoisotopic (exact) mass is 267 g/mol. The van der Waals surface area contributed by atoms with Crippen molar-refractivity contribution in [3.8, 4) is 0 Å². The fourth-order valence-electron chi connectivity index (χ4n) is 3.68. The van der Waals surface area contributed by atoms with Crippen molar-refractivity contribution in [3.05, 3.63) is 0 Å². The first kappa shape index (κ1) is 13.3. The molecule has 5 heteroatoms. The SMILES string of the molecule is O=C(C1CC(O)CN1)N1CCC(N2CCCC2)CC1. The molecule has 5 nitrogen and oxygen atoms in total. The minimum atomic E-state index is -0.351. The molecule has 0 aromatic heterocycles. The molecule has 3 aliphatic rings. The van der Waals surface area contributed by atoms with Gasteiger partial charge in [-0.05, 0) is 45.2 Å². The molecule has 0 spiro atoms. The van der Waals surface area contributed by atoms with Gasteiger partial charge in [0.1, 0.15) is 0 Å². The van der Waals surface area contributed by atoms with E-state index >= 15 is 0 Å². The molecule has 0 saturated carbocycles. The summed E-state index contributed by atoms with van der Waals surface area (Å²) in [7, 11) is 0. The number of carbonyl (C=O) groups excluding carboxylic acids is 1. The van der Waals surface area contributed by atoms with E-state index in [-0.39, 0.29) is 18.1 Å². The highest BCUT2D eigenvalue weighted by molar-refractivity contribution is 5.82. The van der Waals surface area contributed by atoms with Crippen LogP contribution in [0, 0.1) is 0 Å². The molecule has 2 atom stereocenters. The van der Waals surface area contributed by atoms with Gasteiger partial charge in [0, 0.05) is 25.7 Å². The largest absolute Gasteiger partial charge is 0.392 e. The first-order valence-corrected chi connectivity index (χ1v) is 7.68. The molecule has 2 N–H and O–H groups in total. The first-order valence-electron chi connectivity index (χ1n) is 7.68. The Morgan fingerprint density at radius 1 is 1.11 bits per heavy atom. The number of amides is 1. The average Bonchev–Trinajstić information content (AvgIpc) is 3.09. The highest BCUT2D eigenvalue weighted by Crippen LogP contribution is 2.22. The van der Waals surface area contributed by atoms with Crippen LogP contribution >= 0.6 is 0 Å². The molecule has 0 aromatic carbocycles. The zero-order valence-corrected chi connectivity index (χ0v) is 11.6. The van der Waals surface area contributed by atoms with Crippen LogP contribution in [-0.2, 0) is 4.79 Å². The molecule has 0 aliphatic carbocycles. The smallest absolute Gasteiger partial charge is 0.239 e. The van der Waals surface area contributed by atoms with Crippen LogP contribution in [0.15, 0.2) is 0 Å². The van der Waals surface area contributed by atoms with Gasteiger partial charge in [-0.2, -0.15) is 0 Å². The molecule has 0 radical (unpaired) electrons. The summed E-state index contributed by atoms with van der Waals surface area (Å²) in [4.78, 5) is 16.9. The van der Waals surface area contributed by atoms with Crippen molar-refractivity contribution < 1.29 is 9.90 Å². The van der Waals surface area contributed by atoms with Crippen molar-refractivity contribution >= 4 is 5.91 Å². The van der Waals surface area contributed by atoms with Gasteiger partial charge in [-0.1, -0.05) is 0 Å². The Balaban J connectivity index is 1.48. The molecule has 0 aromatic rings. The molecular formula is C14H25N3O2. The van der Waals surface area contributed by atoms with E-state index in [0.717, 1.165) is 25.9 Å². The number of nitrogens with zero attached hydrogens (tertiary/aromatic N) is 2. The lowest BCUT2D eigenvalue weighted by molar-refractivity contribution is -0.134. The second-order valence-corrected chi connectivity index (χ2v) is 6.15. The van der Waals surface area contributed by atoms with Gasteiger partial charge in [0.25, 0.3) is 0 Å². The van der Waals surface area contributed by atoms with E-state index in [0.29, 0.717) is 19.0 Å². The maximum atomic E-state index is 12.3. The Kier molecular flexibility index (Phi) is 4.05. The van der Waals surface area contributed by atoms with Crippen LogP contribution in [-0.4, -0.2) is 71.7 Å². The van der Waals surface area contributed by atoms with Gasteiger partial charge in [-0.15, -0.1) is 0 Å². The highest BCUT2D eigenvalue weighted by Gasteiger charge is 2.34. The van der Waals surface area contributed by atoms with Gasteiger partial charge in [-0.25, -0.2) is 0 Å². The van der Waals surface area contributed by atoms with Crippen molar-refractivity contribution in [3.63, 3.8) is 0 Å². The topological polar surface area (TPSA) is 55.8 Å². The fourth-order valence-corrected chi connectivity index (χ4v) is 3.68. The third-order valence-electron chi connectivity index (χ3n) is 4.84. The number of aliphatic hydroxyl groups excluding tert-OH is 1. The lowest BCUT2D eigenvalue weighted by atomic mass is 10.0. The summed E-state index contributed by atoms with van der Waals surface area (Å²) in [6.45, 7) is 4.81. The summed E-state index contributed by atoms with van der Waals surface area (Å²) in [5, 5.41) is 12.6. The Bertz CT molecular complexity index is 323. The minimum Gasteiger partial charge on any atom is -0.392 e. The molecule has 108 valence electrons. The lowest BCUT2D eigenvalue weighted by Gasteiger charge is -2.37. The maximum absolute atomic E-state index is 12.3. The number of carbonyl (C=O) groups is 1. The van der Waals surface area contributed by atoms with Gasteiger partial charge in [0.05, 0.1) is 12.1 Å². The molecule has 1 amide bonds. The van der Waals surface area contributed by atoms with Crippen LogP contribution in [0.2, 0.25) is 0 Å². The molecule has 3 rings (SSSR count). The molecule has 3 heterocycles. The molecule has 0 bridgehead atoms. The summed E-state index contributed by atoms with van der Waals surface area (Å²) < 4.78 is 0. The van der Waals surface area contributed by atoms with E-state index < -0.39 is 0 Å². The molecule has 3 aliphatic heterocycles. The van der Waals surface area contributed by atoms with Gasteiger partial charge >= 0.3 is 0 Å². The number of β-amino-alcohol motifs (C(OH)–C–C–N with tert-alkyl or cyclic N) is 1. The van der Waals surface area contributed by atoms with Crippen LogP contribution in [0.5, 0.6) is 0 Å². The van der Waals surface area contributed by atoms with Crippen LogP contribution in [0.4, 0.5) is 0 Å². The van der Waals surface area contributed by atoms with E-state index in [1.807, 2.05) is 4.90 Å². The Labute approximate surface area is 114 Å². The minimum absolute atomic E-state index is 0.154. The lowest BCUT2D eigenvalue weighted by Crippen LogP contribution is -2.50. The molecule has 3 saturated heterocycles. The second-order valence-electron chi connectivity index (χ2n) is 6.15. The standard InChI is InChI=1S/C14H25N3O2/c18-12-9-13(15-10-12)14(19)17-7-3-11(4-8-17)16-5-1-2-6-16/h11-13,15,18H,1-10H2. The van der Waals surface area contributed by atoms with Crippen molar-refractivity contribution in [1.82, 2.24) is 15.1 Å². The van der Waals surface area contributed by atoms with Crippen LogP contribution in [0.1, 0.15) is 32.1 Å². The van der Waals surface area contributed by atoms with Crippen LogP contribution in [0.3, 0.4) is 0 Å². The third-order valence-corrected chi connectivity index (χ3v) is 4.84. The predicted octanol–water partition coefficient (Wildman–Crippen LogP) is -0.204. The van der Waals surface area contributed by atoms with E-state index in [1.165, 1.54) is 25.9 Å². The summed E-state index contributed by atoms with van der Waals surface area (Å²) in [6, 6.07) is 0.534. The quantitative estimate of drug-likeness (QED) is 0.727. The zero-order valence-electron chi connectivity index (χ0n) is 11.6. The van der Waals surface area contributed by atoms with Gasteiger partial charge in [0.2, 0.25) is 5.91 Å². The number of nitrogens with one attached hydrogen (secondary N) is 1. The van der Waals surface area contributed by atoms with Crippen LogP contribution < -0.4 is 5.32 Å². The number of hydrogen-bond donors (Lipinski definition) is 2. The maximum Gasteiger partial charge on any atom is 0.239 e. The Hall–Kier alpha value is -0.650. The first-order chi connectivity index (χ1) is 9.24. The average molecular weight is 267 g/mol. The second kappa shape index (κ2) is 5.77. The number of aliphatic hydroxyl groups is 1.